The van der Waals surface area contributed by atoms with Crippen LogP contribution >= 0.6 is 0 Å². The Morgan fingerprint density at radius 1 is 1.44 bits per heavy atom. The topological polar surface area (TPSA) is 0 Å². The first kappa shape index (κ1) is 15.0. The van der Waals surface area contributed by atoms with Gasteiger partial charge < -0.3 is 0 Å². The zero-order valence-electron chi connectivity index (χ0n) is 12.3. The highest BCUT2D eigenvalue weighted by atomic mass is 14.1. The highest BCUT2D eigenvalue weighted by Gasteiger charge is 2.09. The second-order valence-corrected chi connectivity index (χ2v) is 5.85. The summed E-state index contributed by atoms with van der Waals surface area (Å²) in [6.45, 7) is 10.8. The molecule has 0 radical (unpaired) electrons. The first-order valence-electron chi connectivity index (χ1n) is 7.26. The van der Waals surface area contributed by atoms with E-state index in [1.807, 2.05) is 0 Å². The smallest absolute Gasteiger partial charge is 0.000856 e. The summed E-state index contributed by atoms with van der Waals surface area (Å²) in [4.78, 5) is 0. The Bertz CT molecular complexity index is 339. The maximum Gasteiger partial charge on any atom is 0.000856 e. The third-order valence-electron chi connectivity index (χ3n) is 3.49. The van der Waals surface area contributed by atoms with Crippen molar-refractivity contribution in [1.29, 1.82) is 0 Å². The molecule has 1 aliphatic carbocycles. The van der Waals surface area contributed by atoms with Crippen LogP contribution in [0.5, 0.6) is 0 Å². The molecule has 0 spiro atoms. The van der Waals surface area contributed by atoms with Gasteiger partial charge in [-0.15, -0.1) is 0 Å². The lowest BCUT2D eigenvalue weighted by Gasteiger charge is -2.16. The second-order valence-electron chi connectivity index (χ2n) is 5.85. The Morgan fingerprint density at radius 2 is 2.22 bits per heavy atom. The summed E-state index contributed by atoms with van der Waals surface area (Å²) >= 11 is 0. The van der Waals surface area contributed by atoms with Crippen LogP contribution in [0.1, 0.15) is 52.9 Å². The Kier molecular flexibility index (Phi) is 6.78. The monoisotopic (exact) mass is 244 g/mol. The van der Waals surface area contributed by atoms with Crippen molar-refractivity contribution in [2.45, 2.75) is 52.9 Å². The van der Waals surface area contributed by atoms with Gasteiger partial charge in [-0.1, -0.05) is 62.0 Å². The van der Waals surface area contributed by atoms with Gasteiger partial charge in [0.1, 0.15) is 0 Å². The van der Waals surface area contributed by atoms with Crippen molar-refractivity contribution >= 4 is 0 Å². The van der Waals surface area contributed by atoms with Gasteiger partial charge >= 0.3 is 0 Å². The Labute approximate surface area is 113 Å². The molecule has 0 heteroatoms. The van der Waals surface area contributed by atoms with Crippen LogP contribution in [0.2, 0.25) is 0 Å². The predicted octanol–water partition coefficient (Wildman–Crippen LogP) is 5.84. The maximum atomic E-state index is 4.14. The Balaban J connectivity index is 2.47. The van der Waals surface area contributed by atoms with Crippen LogP contribution in [0.4, 0.5) is 0 Å². The largest absolute Gasteiger partial charge is 0.0995 e. The van der Waals surface area contributed by atoms with Gasteiger partial charge in [0.25, 0.3) is 0 Å². The second kappa shape index (κ2) is 8.13. The van der Waals surface area contributed by atoms with E-state index in [1.165, 1.54) is 31.3 Å². The van der Waals surface area contributed by atoms with Crippen LogP contribution in [0.25, 0.3) is 0 Å². The van der Waals surface area contributed by atoms with Crippen LogP contribution in [0.3, 0.4) is 0 Å². The molecule has 0 N–H and O–H groups in total. The molecule has 1 rings (SSSR count). The fourth-order valence-corrected chi connectivity index (χ4v) is 2.20. The normalized spacial score (nSPS) is 17.2. The van der Waals surface area contributed by atoms with Crippen molar-refractivity contribution in [2.75, 3.05) is 0 Å². The van der Waals surface area contributed by atoms with Crippen molar-refractivity contribution in [3.05, 3.63) is 48.1 Å². The molecule has 1 atom stereocenters. The summed E-state index contributed by atoms with van der Waals surface area (Å²) < 4.78 is 0. The van der Waals surface area contributed by atoms with Gasteiger partial charge in [-0.05, 0) is 44.9 Å². The van der Waals surface area contributed by atoms with E-state index in [0.29, 0.717) is 5.92 Å². The van der Waals surface area contributed by atoms with Crippen molar-refractivity contribution < 1.29 is 0 Å². The van der Waals surface area contributed by atoms with Crippen LogP contribution in [-0.2, 0) is 0 Å². The minimum absolute atomic E-state index is 0.523. The molecule has 1 aliphatic rings. The van der Waals surface area contributed by atoms with E-state index in [9.17, 15) is 0 Å². The van der Waals surface area contributed by atoms with Crippen molar-refractivity contribution in [2.24, 2.45) is 11.8 Å². The minimum atomic E-state index is 0.523. The molecular weight excluding hydrogens is 216 g/mol. The van der Waals surface area contributed by atoms with E-state index in [-0.39, 0.29) is 0 Å². The first-order chi connectivity index (χ1) is 8.59. The third kappa shape index (κ3) is 6.05. The highest BCUT2D eigenvalue weighted by Crippen LogP contribution is 2.25. The Hall–Kier alpha value is -1.04. The lowest BCUT2D eigenvalue weighted by atomic mass is 9.89. The standard InChI is InChI=1S/C18H28/c1-15(2)10-8-9-13-18(16(3)4)14-17-11-6-5-7-12-17/h5-6,9,11,13,15,18H,3,7-8,10,12,14H2,1-2,4H3/b13-9+. The van der Waals surface area contributed by atoms with Crippen LogP contribution in [0, 0.1) is 11.8 Å². The Morgan fingerprint density at radius 3 is 2.78 bits per heavy atom. The molecule has 0 saturated heterocycles. The average Bonchev–Trinajstić information content (AvgIpc) is 2.33. The van der Waals surface area contributed by atoms with Crippen molar-refractivity contribution in [1.82, 2.24) is 0 Å². The molecule has 100 valence electrons. The van der Waals surface area contributed by atoms with Gasteiger partial charge in [0.2, 0.25) is 0 Å². The molecule has 0 aromatic carbocycles. The summed E-state index contributed by atoms with van der Waals surface area (Å²) in [5, 5.41) is 0. The molecule has 0 aliphatic heterocycles. The summed E-state index contributed by atoms with van der Waals surface area (Å²) in [6.07, 6.45) is 17.5. The van der Waals surface area contributed by atoms with Gasteiger partial charge in [0.05, 0.1) is 0 Å². The van der Waals surface area contributed by atoms with Gasteiger partial charge in [0.15, 0.2) is 0 Å². The molecule has 0 bridgehead atoms. The maximum absolute atomic E-state index is 4.14. The highest BCUT2D eigenvalue weighted by molar-refractivity contribution is 5.21. The summed E-state index contributed by atoms with van der Waals surface area (Å²) in [5.74, 6) is 1.32. The van der Waals surface area contributed by atoms with Gasteiger partial charge in [-0.25, -0.2) is 0 Å². The van der Waals surface area contributed by atoms with Gasteiger partial charge in [0, 0.05) is 5.92 Å². The fourth-order valence-electron chi connectivity index (χ4n) is 2.20. The third-order valence-corrected chi connectivity index (χ3v) is 3.49. The lowest BCUT2D eigenvalue weighted by molar-refractivity contribution is 0.592. The molecule has 0 saturated carbocycles. The van der Waals surface area contributed by atoms with Crippen LogP contribution in [-0.4, -0.2) is 0 Å². The first-order valence-corrected chi connectivity index (χ1v) is 7.26. The zero-order valence-corrected chi connectivity index (χ0v) is 12.3. The van der Waals surface area contributed by atoms with E-state index in [2.05, 4.69) is 57.7 Å². The zero-order chi connectivity index (χ0) is 13.4. The average molecular weight is 244 g/mol. The van der Waals surface area contributed by atoms with Gasteiger partial charge in [-0.2, -0.15) is 0 Å². The SMILES string of the molecule is C=C(C)C(/C=C/CCC(C)C)CC1=CC=CCC1. The van der Waals surface area contributed by atoms with Crippen molar-refractivity contribution in [3.63, 3.8) is 0 Å². The molecule has 0 fully saturated rings. The quantitative estimate of drug-likeness (QED) is 0.494. The van der Waals surface area contributed by atoms with Crippen LogP contribution < -0.4 is 0 Å². The van der Waals surface area contributed by atoms with E-state index in [1.54, 1.807) is 5.57 Å². The minimum Gasteiger partial charge on any atom is -0.0995 e. The number of rotatable bonds is 7. The fraction of sp³-hybridized carbons (Fsp3) is 0.556. The summed E-state index contributed by atoms with van der Waals surface area (Å²) in [6, 6.07) is 0. The molecule has 0 amide bonds. The van der Waals surface area contributed by atoms with E-state index < -0.39 is 0 Å². The van der Waals surface area contributed by atoms with Gasteiger partial charge in [-0.3, -0.25) is 0 Å². The molecule has 0 heterocycles. The molecule has 18 heavy (non-hydrogen) atoms. The van der Waals surface area contributed by atoms with E-state index in [0.717, 1.165) is 12.3 Å². The number of hydrogen-bond acceptors (Lipinski definition) is 0. The molecule has 1 unspecified atom stereocenters. The summed E-state index contributed by atoms with van der Waals surface area (Å²) in [5.41, 5.74) is 2.85. The van der Waals surface area contributed by atoms with Crippen LogP contribution in [0.15, 0.2) is 48.1 Å². The summed E-state index contributed by atoms with van der Waals surface area (Å²) in [7, 11) is 0. The molecule has 0 aromatic heterocycles. The molecular formula is C18H28. The lowest BCUT2D eigenvalue weighted by Crippen LogP contribution is -2.01. The molecule has 0 aromatic rings. The van der Waals surface area contributed by atoms with E-state index >= 15 is 0 Å². The molecule has 0 nitrogen and oxygen atoms in total. The van der Waals surface area contributed by atoms with E-state index in [4.69, 9.17) is 0 Å². The van der Waals surface area contributed by atoms with Crippen molar-refractivity contribution in [3.8, 4) is 0 Å². The number of hydrogen-bond donors (Lipinski definition) is 0. The predicted molar refractivity (Wildman–Crippen MR) is 82.6 cm³/mol. The number of allylic oxidation sites excluding steroid dienone is 7.